The van der Waals surface area contributed by atoms with Gasteiger partial charge in [-0.2, -0.15) is 0 Å². The molecule has 1 atom stereocenters. The number of nitrogens with one attached hydrogen (secondary N) is 2. The maximum Gasteiger partial charge on any atom is 0.242 e. The van der Waals surface area contributed by atoms with Crippen molar-refractivity contribution in [3.8, 4) is 0 Å². The Hall–Kier alpha value is -2.08. The molecule has 1 aliphatic rings. The monoisotopic (exact) mass is 332 g/mol. The maximum atomic E-state index is 12.4. The van der Waals surface area contributed by atoms with Gasteiger partial charge in [0.25, 0.3) is 0 Å². The predicted molar refractivity (Wildman–Crippen MR) is 95.9 cm³/mol. The first-order valence-corrected chi connectivity index (χ1v) is 8.60. The number of guanidine groups is 1. The van der Waals surface area contributed by atoms with Gasteiger partial charge in [0.05, 0.1) is 12.6 Å². The predicted octanol–water partition coefficient (Wildman–Crippen LogP) is 1.38. The number of likely N-dealkylation sites (N-methyl/N-ethyl adjacent to an activating group) is 1. The van der Waals surface area contributed by atoms with Crippen molar-refractivity contribution >= 4 is 11.9 Å². The number of carbonyl (C=O) groups excluding carboxylic acids is 1. The summed E-state index contributed by atoms with van der Waals surface area (Å²) < 4.78 is 5.58. The summed E-state index contributed by atoms with van der Waals surface area (Å²) >= 11 is 0. The summed E-state index contributed by atoms with van der Waals surface area (Å²) in [5.41, 5.74) is 1.13. The molecular formula is C18H28N4O2. The average molecular weight is 332 g/mol. The number of hydrogen-bond acceptors (Lipinski definition) is 3. The van der Waals surface area contributed by atoms with Gasteiger partial charge in [0.15, 0.2) is 5.96 Å². The topological polar surface area (TPSA) is 66.0 Å². The van der Waals surface area contributed by atoms with E-state index in [4.69, 9.17) is 4.74 Å². The van der Waals surface area contributed by atoms with Crippen molar-refractivity contribution in [2.24, 2.45) is 4.99 Å². The molecule has 24 heavy (non-hydrogen) atoms. The number of rotatable bonds is 7. The Morgan fingerprint density at radius 1 is 1.33 bits per heavy atom. The van der Waals surface area contributed by atoms with Gasteiger partial charge >= 0.3 is 0 Å². The van der Waals surface area contributed by atoms with Crippen LogP contribution in [-0.2, 0) is 16.1 Å². The molecule has 1 heterocycles. The van der Waals surface area contributed by atoms with Gasteiger partial charge in [-0.25, -0.2) is 0 Å². The largest absolute Gasteiger partial charge is 0.376 e. The SMILES string of the molecule is CCN(Cc1ccccc1)C(=O)CNC(=NC)NCC1CCCO1. The standard InChI is InChI=1S/C18H28N4O2/c1-3-22(14-15-8-5-4-6-9-15)17(23)13-21-18(19-2)20-12-16-10-7-11-24-16/h4-6,8-9,16H,3,7,10-14H2,1-2H3,(H2,19,20,21). The zero-order valence-electron chi connectivity index (χ0n) is 14.6. The van der Waals surface area contributed by atoms with Crippen molar-refractivity contribution in [3.05, 3.63) is 35.9 Å². The van der Waals surface area contributed by atoms with Crippen LogP contribution in [0.2, 0.25) is 0 Å². The highest BCUT2D eigenvalue weighted by molar-refractivity contribution is 5.86. The average Bonchev–Trinajstić information content (AvgIpc) is 3.14. The second kappa shape index (κ2) is 9.93. The Balaban J connectivity index is 1.76. The molecule has 6 nitrogen and oxygen atoms in total. The van der Waals surface area contributed by atoms with Crippen molar-refractivity contribution in [1.82, 2.24) is 15.5 Å². The molecule has 0 radical (unpaired) electrons. The Morgan fingerprint density at radius 3 is 2.75 bits per heavy atom. The number of benzene rings is 1. The summed E-state index contributed by atoms with van der Waals surface area (Å²) in [6.07, 6.45) is 2.43. The van der Waals surface area contributed by atoms with E-state index in [0.29, 0.717) is 19.0 Å². The molecule has 1 fully saturated rings. The van der Waals surface area contributed by atoms with Gasteiger partial charge in [0.2, 0.25) is 5.91 Å². The van der Waals surface area contributed by atoms with Crippen molar-refractivity contribution in [2.45, 2.75) is 32.4 Å². The van der Waals surface area contributed by atoms with E-state index in [9.17, 15) is 4.79 Å². The number of amides is 1. The number of carbonyl (C=O) groups is 1. The Labute approximate surface area is 144 Å². The van der Waals surface area contributed by atoms with Crippen molar-refractivity contribution in [2.75, 3.05) is 33.3 Å². The second-order valence-corrected chi connectivity index (χ2v) is 5.84. The van der Waals surface area contributed by atoms with Gasteiger partial charge in [0.1, 0.15) is 0 Å². The summed E-state index contributed by atoms with van der Waals surface area (Å²) in [7, 11) is 1.71. The normalized spacial score (nSPS) is 17.6. The molecule has 132 valence electrons. The Kier molecular flexibility index (Phi) is 7.55. The molecule has 6 heteroatoms. The molecule has 0 aromatic heterocycles. The van der Waals surface area contributed by atoms with Gasteiger partial charge in [-0.05, 0) is 25.3 Å². The van der Waals surface area contributed by atoms with Crippen LogP contribution in [-0.4, -0.2) is 56.2 Å². The summed E-state index contributed by atoms with van der Waals surface area (Å²) in [5, 5.41) is 6.30. The highest BCUT2D eigenvalue weighted by Crippen LogP contribution is 2.10. The minimum atomic E-state index is 0.0569. The molecular weight excluding hydrogens is 304 g/mol. The van der Waals surface area contributed by atoms with Crippen LogP contribution in [0, 0.1) is 0 Å². The Bertz CT molecular complexity index is 527. The highest BCUT2D eigenvalue weighted by atomic mass is 16.5. The second-order valence-electron chi connectivity index (χ2n) is 5.84. The van der Waals surface area contributed by atoms with Crippen molar-refractivity contribution in [1.29, 1.82) is 0 Å². The molecule has 0 bridgehead atoms. The molecule has 0 spiro atoms. The fourth-order valence-electron chi connectivity index (χ4n) is 2.69. The van der Waals surface area contributed by atoms with E-state index in [1.165, 1.54) is 0 Å². The molecule has 1 unspecified atom stereocenters. The number of aliphatic imine (C=N–C) groups is 1. The van der Waals surface area contributed by atoms with E-state index in [1.807, 2.05) is 42.2 Å². The van der Waals surface area contributed by atoms with Crippen LogP contribution in [0.3, 0.4) is 0 Å². The molecule has 1 saturated heterocycles. The first-order valence-electron chi connectivity index (χ1n) is 8.60. The minimum Gasteiger partial charge on any atom is -0.376 e. The molecule has 1 aromatic carbocycles. The van der Waals surface area contributed by atoms with Crippen LogP contribution in [0.5, 0.6) is 0 Å². The number of ether oxygens (including phenoxy) is 1. The van der Waals surface area contributed by atoms with E-state index < -0.39 is 0 Å². The fourth-order valence-corrected chi connectivity index (χ4v) is 2.69. The van der Waals surface area contributed by atoms with E-state index in [2.05, 4.69) is 15.6 Å². The van der Waals surface area contributed by atoms with Gasteiger partial charge < -0.3 is 20.3 Å². The van der Waals surface area contributed by atoms with Gasteiger partial charge in [0, 0.05) is 33.3 Å². The molecule has 2 N–H and O–H groups in total. The number of hydrogen-bond donors (Lipinski definition) is 2. The highest BCUT2D eigenvalue weighted by Gasteiger charge is 2.16. The zero-order chi connectivity index (χ0) is 17.2. The first-order chi connectivity index (χ1) is 11.7. The third kappa shape index (κ3) is 5.85. The summed E-state index contributed by atoms with van der Waals surface area (Å²) in [5.74, 6) is 0.691. The van der Waals surface area contributed by atoms with Crippen LogP contribution >= 0.6 is 0 Å². The van der Waals surface area contributed by atoms with E-state index in [1.54, 1.807) is 7.05 Å². The van der Waals surface area contributed by atoms with Crippen molar-refractivity contribution < 1.29 is 9.53 Å². The van der Waals surface area contributed by atoms with Crippen LogP contribution in [0.1, 0.15) is 25.3 Å². The molecule has 1 aromatic rings. The van der Waals surface area contributed by atoms with E-state index in [-0.39, 0.29) is 18.6 Å². The molecule has 0 aliphatic carbocycles. The van der Waals surface area contributed by atoms with Crippen molar-refractivity contribution in [3.63, 3.8) is 0 Å². The lowest BCUT2D eigenvalue weighted by molar-refractivity contribution is -0.130. The summed E-state index contributed by atoms with van der Waals surface area (Å²) in [6.45, 7) is 5.07. The van der Waals surface area contributed by atoms with E-state index in [0.717, 1.165) is 31.6 Å². The van der Waals surface area contributed by atoms with Crippen LogP contribution < -0.4 is 10.6 Å². The quantitative estimate of drug-likeness (QED) is 0.585. The lowest BCUT2D eigenvalue weighted by Crippen LogP contribution is -2.46. The molecule has 0 saturated carbocycles. The number of nitrogens with zero attached hydrogens (tertiary/aromatic N) is 2. The third-order valence-electron chi connectivity index (χ3n) is 4.10. The van der Waals surface area contributed by atoms with Gasteiger partial charge in [-0.3, -0.25) is 9.79 Å². The maximum absolute atomic E-state index is 12.4. The lowest BCUT2D eigenvalue weighted by Gasteiger charge is -2.22. The van der Waals surface area contributed by atoms with Gasteiger partial charge in [-0.15, -0.1) is 0 Å². The fraction of sp³-hybridized carbons (Fsp3) is 0.556. The summed E-state index contributed by atoms with van der Waals surface area (Å²) in [4.78, 5) is 18.4. The molecule has 1 amide bonds. The smallest absolute Gasteiger partial charge is 0.242 e. The zero-order valence-corrected chi connectivity index (χ0v) is 14.6. The van der Waals surface area contributed by atoms with Gasteiger partial charge in [-0.1, -0.05) is 30.3 Å². The van der Waals surface area contributed by atoms with Crippen LogP contribution in [0.25, 0.3) is 0 Å². The molecule has 1 aliphatic heterocycles. The molecule has 2 rings (SSSR count). The van der Waals surface area contributed by atoms with Crippen LogP contribution in [0.4, 0.5) is 0 Å². The van der Waals surface area contributed by atoms with Crippen LogP contribution in [0.15, 0.2) is 35.3 Å². The minimum absolute atomic E-state index is 0.0569. The first kappa shape index (κ1) is 18.3. The third-order valence-corrected chi connectivity index (χ3v) is 4.10. The summed E-state index contributed by atoms with van der Waals surface area (Å²) in [6, 6.07) is 10.0. The Morgan fingerprint density at radius 2 is 2.12 bits per heavy atom. The van der Waals surface area contributed by atoms with E-state index >= 15 is 0 Å². The lowest BCUT2D eigenvalue weighted by atomic mass is 10.2.